The number of amides is 1. The van der Waals surface area contributed by atoms with Crippen molar-refractivity contribution in [1.29, 1.82) is 0 Å². The van der Waals surface area contributed by atoms with Crippen LogP contribution in [0.15, 0.2) is 0 Å². The number of carbonyl (C=O) groups is 1. The van der Waals surface area contributed by atoms with Gasteiger partial charge in [-0.3, -0.25) is 9.52 Å². The Bertz CT molecular complexity index is 261. The summed E-state index contributed by atoms with van der Waals surface area (Å²) >= 11 is 0. The molecule has 0 aromatic carbocycles. The largest absolute Gasteiger partial charge is 0.314 e. The van der Waals surface area contributed by atoms with Crippen molar-refractivity contribution in [3.05, 3.63) is 0 Å². The van der Waals surface area contributed by atoms with Gasteiger partial charge in [-0.2, -0.15) is 0 Å². The van der Waals surface area contributed by atoms with Gasteiger partial charge in [-0.05, 0) is 13.5 Å². The molecule has 0 heterocycles. The molecule has 0 aliphatic rings. The zero-order chi connectivity index (χ0) is 10.5. The molecule has 0 aliphatic carbocycles. The van der Waals surface area contributed by atoms with Gasteiger partial charge in [0.2, 0.25) is 15.9 Å². The van der Waals surface area contributed by atoms with Crippen molar-refractivity contribution in [2.24, 2.45) is 0 Å². The third-order valence-corrected chi connectivity index (χ3v) is 1.94. The number of hydrogen-bond donors (Lipinski definition) is 2. The molecule has 0 spiro atoms. The van der Waals surface area contributed by atoms with Crippen molar-refractivity contribution in [3.8, 4) is 0 Å². The van der Waals surface area contributed by atoms with Crippen LogP contribution in [0, 0.1) is 0 Å². The monoisotopic (exact) mass is 208 g/mol. The molecule has 0 radical (unpaired) electrons. The summed E-state index contributed by atoms with van der Waals surface area (Å²) in [5, 5.41) is 3.01. The van der Waals surface area contributed by atoms with Gasteiger partial charge in [0.15, 0.2) is 0 Å². The van der Waals surface area contributed by atoms with Crippen LogP contribution < -0.4 is 10.0 Å². The van der Waals surface area contributed by atoms with Crippen molar-refractivity contribution >= 4 is 15.9 Å². The van der Waals surface area contributed by atoms with E-state index in [-0.39, 0.29) is 12.5 Å². The Morgan fingerprint density at radius 3 is 2.38 bits per heavy atom. The molecular formula is C7H16N2O3S. The molecule has 0 aromatic rings. The van der Waals surface area contributed by atoms with E-state index in [0.717, 1.165) is 12.8 Å². The molecule has 13 heavy (non-hydrogen) atoms. The first kappa shape index (κ1) is 12.4. The highest BCUT2D eigenvalue weighted by molar-refractivity contribution is 7.89. The first-order valence-corrected chi connectivity index (χ1v) is 5.98. The van der Waals surface area contributed by atoms with E-state index < -0.39 is 15.9 Å². The maximum absolute atomic E-state index is 11.0. The Hall–Kier alpha value is -0.620. The maximum Gasteiger partial charge on any atom is 0.234 e. The van der Waals surface area contributed by atoms with Gasteiger partial charge in [-0.1, -0.05) is 6.92 Å². The summed E-state index contributed by atoms with van der Waals surface area (Å²) in [7, 11) is -3.41. The fourth-order valence-electron chi connectivity index (χ4n) is 0.947. The minimum absolute atomic E-state index is 0.00764. The number of rotatable bonds is 5. The molecule has 0 fully saturated rings. The van der Waals surface area contributed by atoms with Crippen LogP contribution in [0.5, 0.6) is 0 Å². The standard InChI is InChI=1S/C7H16N2O3S/c1-4-8-6(2)5-7(10)9-13(3,11)12/h6,8H,4-5H2,1-3H3,(H,9,10). The molecule has 1 atom stereocenters. The van der Waals surface area contributed by atoms with Crippen LogP contribution in [0.1, 0.15) is 20.3 Å². The van der Waals surface area contributed by atoms with E-state index in [9.17, 15) is 13.2 Å². The van der Waals surface area contributed by atoms with E-state index in [1.807, 2.05) is 18.6 Å². The lowest BCUT2D eigenvalue weighted by Gasteiger charge is -2.10. The van der Waals surface area contributed by atoms with Crippen molar-refractivity contribution in [1.82, 2.24) is 10.0 Å². The van der Waals surface area contributed by atoms with Crippen LogP contribution in [0.3, 0.4) is 0 Å². The van der Waals surface area contributed by atoms with E-state index in [4.69, 9.17) is 0 Å². The Balaban J connectivity index is 3.88. The average molecular weight is 208 g/mol. The normalized spacial score (nSPS) is 13.8. The Morgan fingerprint density at radius 1 is 1.46 bits per heavy atom. The number of nitrogens with one attached hydrogen (secondary N) is 2. The molecule has 0 saturated carbocycles. The van der Waals surface area contributed by atoms with Crippen LogP contribution in [0.25, 0.3) is 0 Å². The number of hydrogen-bond acceptors (Lipinski definition) is 4. The predicted molar refractivity (Wildman–Crippen MR) is 50.7 cm³/mol. The fourth-order valence-corrected chi connectivity index (χ4v) is 1.44. The third kappa shape index (κ3) is 7.73. The Kier molecular flexibility index (Phi) is 4.94. The second-order valence-corrected chi connectivity index (χ2v) is 4.71. The summed E-state index contributed by atoms with van der Waals surface area (Å²) in [6.07, 6.45) is 1.13. The van der Waals surface area contributed by atoms with Gasteiger partial charge < -0.3 is 5.32 Å². The predicted octanol–water partition coefficient (Wildman–Crippen LogP) is -0.550. The van der Waals surface area contributed by atoms with Crippen LogP contribution in [-0.2, 0) is 14.8 Å². The van der Waals surface area contributed by atoms with Crippen molar-refractivity contribution in [2.45, 2.75) is 26.3 Å². The smallest absolute Gasteiger partial charge is 0.234 e. The molecule has 1 unspecified atom stereocenters. The summed E-state index contributed by atoms with van der Waals surface area (Å²) in [6.45, 7) is 4.50. The SMILES string of the molecule is CCNC(C)CC(=O)NS(C)(=O)=O. The highest BCUT2D eigenvalue weighted by Crippen LogP contribution is 1.90. The summed E-state index contributed by atoms with van der Waals surface area (Å²) < 4.78 is 23.2. The highest BCUT2D eigenvalue weighted by Gasteiger charge is 2.11. The van der Waals surface area contributed by atoms with Crippen molar-refractivity contribution in [2.75, 3.05) is 12.8 Å². The van der Waals surface area contributed by atoms with Gasteiger partial charge in [0.1, 0.15) is 0 Å². The molecule has 1 amide bonds. The first-order valence-electron chi connectivity index (χ1n) is 4.09. The topological polar surface area (TPSA) is 75.3 Å². The first-order chi connectivity index (χ1) is 5.85. The van der Waals surface area contributed by atoms with E-state index in [0.29, 0.717) is 0 Å². The fraction of sp³-hybridized carbons (Fsp3) is 0.857. The van der Waals surface area contributed by atoms with Crippen LogP contribution in [0.2, 0.25) is 0 Å². The molecule has 2 N–H and O–H groups in total. The Labute approximate surface area is 79.0 Å². The molecule has 5 nitrogen and oxygen atoms in total. The van der Waals surface area contributed by atoms with Crippen LogP contribution in [-0.4, -0.2) is 33.2 Å². The summed E-state index contributed by atoms with van der Waals surface area (Å²) in [6, 6.07) is -0.00764. The summed E-state index contributed by atoms with van der Waals surface area (Å²) in [4.78, 5) is 11.0. The minimum atomic E-state index is -3.41. The van der Waals surface area contributed by atoms with E-state index >= 15 is 0 Å². The molecule has 0 aliphatic heterocycles. The summed E-state index contributed by atoms with van der Waals surface area (Å²) in [5.74, 6) is -0.476. The zero-order valence-electron chi connectivity index (χ0n) is 8.12. The lowest BCUT2D eigenvalue weighted by Crippen LogP contribution is -2.36. The third-order valence-electron chi connectivity index (χ3n) is 1.34. The molecule has 0 aromatic heterocycles. The lowest BCUT2D eigenvalue weighted by molar-refractivity contribution is -0.119. The molecule has 6 heteroatoms. The zero-order valence-corrected chi connectivity index (χ0v) is 8.94. The van der Waals surface area contributed by atoms with E-state index in [1.54, 1.807) is 0 Å². The van der Waals surface area contributed by atoms with E-state index in [1.165, 1.54) is 0 Å². The number of sulfonamides is 1. The summed E-state index contributed by atoms with van der Waals surface area (Å²) in [5.41, 5.74) is 0. The highest BCUT2D eigenvalue weighted by atomic mass is 32.2. The molecule has 0 rings (SSSR count). The van der Waals surface area contributed by atoms with Crippen LogP contribution >= 0.6 is 0 Å². The maximum atomic E-state index is 11.0. The van der Waals surface area contributed by atoms with Gasteiger partial charge in [-0.25, -0.2) is 8.42 Å². The van der Waals surface area contributed by atoms with Crippen molar-refractivity contribution in [3.63, 3.8) is 0 Å². The van der Waals surface area contributed by atoms with Gasteiger partial charge in [-0.15, -0.1) is 0 Å². The van der Waals surface area contributed by atoms with Gasteiger partial charge in [0, 0.05) is 12.5 Å². The minimum Gasteiger partial charge on any atom is -0.314 e. The van der Waals surface area contributed by atoms with Gasteiger partial charge in [0.05, 0.1) is 6.26 Å². The van der Waals surface area contributed by atoms with Crippen LogP contribution in [0.4, 0.5) is 0 Å². The van der Waals surface area contributed by atoms with E-state index in [2.05, 4.69) is 5.32 Å². The second kappa shape index (κ2) is 5.18. The number of carbonyl (C=O) groups excluding carboxylic acids is 1. The van der Waals surface area contributed by atoms with Gasteiger partial charge in [0.25, 0.3) is 0 Å². The molecule has 78 valence electrons. The quantitative estimate of drug-likeness (QED) is 0.635. The lowest BCUT2D eigenvalue weighted by atomic mass is 10.2. The molecule has 0 saturated heterocycles. The van der Waals surface area contributed by atoms with Gasteiger partial charge >= 0.3 is 0 Å². The Morgan fingerprint density at radius 2 is 2.00 bits per heavy atom. The average Bonchev–Trinajstić information content (AvgIpc) is 1.81. The molecule has 0 bridgehead atoms. The van der Waals surface area contributed by atoms with Crippen molar-refractivity contribution < 1.29 is 13.2 Å². The molecular weight excluding hydrogens is 192 g/mol. The second-order valence-electron chi connectivity index (χ2n) is 2.96.